The highest BCUT2D eigenvalue weighted by molar-refractivity contribution is 5.46. The summed E-state index contributed by atoms with van der Waals surface area (Å²) in [7, 11) is 2.20. The highest BCUT2D eigenvalue weighted by atomic mass is 16.5. The van der Waals surface area contributed by atoms with E-state index in [1.165, 1.54) is 5.56 Å². The molecule has 1 spiro atoms. The van der Waals surface area contributed by atoms with E-state index in [2.05, 4.69) is 24.1 Å². The Morgan fingerprint density at radius 3 is 2.76 bits per heavy atom. The Morgan fingerprint density at radius 1 is 1.24 bits per heavy atom. The topological polar surface area (TPSA) is 47.7 Å². The van der Waals surface area contributed by atoms with Gasteiger partial charge < -0.3 is 15.2 Å². The molecule has 1 unspecified atom stereocenters. The molecule has 2 aliphatic rings. The van der Waals surface area contributed by atoms with E-state index >= 15 is 0 Å². The molecule has 0 aromatic heterocycles. The van der Waals surface area contributed by atoms with Crippen LogP contribution in [0.5, 0.6) is 0 Å². The van der Waals surface area contributed by atoms with Gasteiger partial charge in [0, 0.05) is 38.1 Å². The third-order valence-electron chi connectivity index (χ3n) is 4.97. The number of benzene rings is 1. The maximum Gasteiger partial charge on any atom is 0.0741 e. The summed E-state index contributed by atoms with van der Waals surface area (Å²) in [4.78, 5) is 2.44. The van der Waals surface area contributed by atoms with Crippen LogP contribution in [0.25, 0.3) is 0 Å². The molecule has 0 saturated carbocycles. The Bertz CT molecular complexity index is 466. The molecule has 3 rings (SSSR count). The molecule has 0 radical (unpaired) electrons. The molecule has 116 valence electrons. The molecule has 2 fully saturated rings. The van der Waals surface area contributed by atoms with Gasteiger partial charge in [0.25, 0.3) is 0 Å². The monoisotopic (exact) mass is 290 g/mol. The molecule has 1 aromatic rings. The van der Waals surface area contributed by atoms with Gasteiger partial charge in [-0.3, -0.25) is 4.90 Å². The molecule has 21 heavy (non-hydrogen) atoms. The molecule has 2 saturated heterocycles. The van der Waals surface area contributed by atoms with Crippen molar-refractivity contribution in [3.05, 3.63) is 29.8 Å². The van der Waals surface area contributed by atoms with Crippen molar-refractivity contribution in [2.24, 2.45) is 0 Å². The maximum absolute atomic E-state index is 6.13. The Labute approximate surface area is 127 Å². The average molecular weight is 290 g/mol. The maximum atomic E-state index is 6.13. The minimum absolute atomic E-state index is 0.0532. The third kappa shape index (κ3) is 3.39. The summed E-state index contributed by atoms with van der Waals surface area (Å²) in [6, 6.07) is 8.72. The van der Waals surface area contributed by atoms with Gasteiger partial charge in [0.2, 0.25) is 0 Å². The fraction of sp³-hybridized carbons (Fsp3) is 0.647. The van der Waals surface area contributed by atoms with Crippen LogP contribution in [-0.4, -0.2) is 43.4 Å². The van der Waals surface area contributed by atoms with Crippen LogP contribution in [0.4, 0.5) is 5.69 Å². The first-order valence-corrected chi connectivity index (χ1v) is 7.94. The standard InChI is InChI=1S/C17H26N2O2/c1-19(13-14-4-2-3-5-16(14)18)15-6-9-21-17(12-15)7-10-20-11-8-17/h2-5,15H,6-13,18H2,1H3. The minimum Gasteiger partial charge on any atom is -0.398 e. The van der Waals surface area contributed by atoms with Gasteiger partial charge >= 0.3 is 0 Å². The van der Waals surface area contributed by atoms with Gasteiger partial charge in [0.1, 0.15) is 0 Å². The molecule has 0 amide bonds. The first-order valence-electron chi connectivity index (χ1n) is 7.94. The number of hydrogen-bond donors (Lipinski definition) is 1. The summed E-state index contributed by atoms with van der Waals surface area (Å²) in [6.45, 7) is 3.44. The number of nitrogens with two attached hydrogens (primary N) is 1. The summed E-state index contributed by atoms with van der Waals surface area (Å²) in [6.07, 6.45) is 4.28. The Balaban J connectivity index is 1.64. The quantitative estimate of drug-likeness (QED) is 0.869. The molecule has 0 aliphatic carbocycles. The summed E-state index contributed by atoms with van der Waals surface area (Å²) < 4.78 is 11.6. The number of anilines is 1. The molecule has 1 atom stereocenters. The van der Waals surface area contributed by atoms with Crippen molar-refractivity contribution >= 4 is 5.69 Å². The summed E-state index contributed by atoms with van der Waals surface area (Å²) >= 11 is 0. The van der Waals surface area contributed by atoms with Crippen molar-refractivity contribution < 1.29 is 9.47 Å². The van der Waals surface area contributed by atoms with Crippen molar-refractivity contribution in [2.75, 3.05) is 32.6 Å². The Morgan fingerprint density at radius 2 is 2.00 bits per heavy atom. The van der Waals surface area contributed by atoms with E-state index in [9.17, 15) is 0 Å². The second kappa shape index (κ2) is 6.34. The van der Waals surface area contributed by atoms with Crippen LogP contribution in [-0.2, 0) is 16.0 Å². The zero-order chi connectivity index (χ0) is 14.7. The Hall–Kier alpha value is -1.10. The van der Waals surface area contributed by atoms with Gasteiger partial charge in [-0.2, -0.15) is 0 Å². The summed E-state index contributed by atoms with van der Waals surface area (Å²) in [5.74, 6) is 0. The highest BCUT2D eigenvalue weighted by Crippen LogP contribution is 2.36. The van der Waals surface area contributed by atoms with Gasteiger partial charge in [-0.25, -0.2) is 0 Å². The van der Waals surface area contributed by atoms with Gasteiger partial charge in [0.15, 0.2) is 0 Å². The van der Waals surface area contributed by atoms with E-state index in [0.717, 1.165) is 57.7 Å². The fourth-order valence-corrected chi connectivity index (χ4v) is 3.55. The lowest BCUT2D eigenvalue weighted by Crippen LogP contribution is -2.50. The lowest BCUT2D eigenvalue weighted by atomic mass is 9.83. The lowest BCUT2D eigenvalue weighted by Gasteiger charge is -2.45. The summed E-state index contributed by atoms with van der Waals surface area (Å²) in [5, 5.41) is 0. The minimum atomic E-state index is 0.0532. The van der Waals surface area contributed by atoms with Crippen LogP contribution in [0.1, 0.15) is 31.2 Å². The van der Waals surface area contributed by atoms with E-state index in [-0.39, 0.29) is 5.60 Å². The van der Waals surface area contributed by atoms with Crippen molar-refractivity contribution in [1.29, 1.82) is 0 Å². The number of hydrogen-bond acceptors (Lipinski definition) is 4. The molecule has 2 aliphatic heterocycles. The molecule has 1 aromatic carbocycles. The van der Waals surface area contributed by atoms with Crippen molar-refractivity contribution in [2.45, 2.75) is 43.9 Å². The Kier molecular flexibility index (Phi) is 4.48. The van der Waals surface area contributed by atoms with Crippen molar-refractivity contribution in [3.63, 3.8) is 0 Å². The zero-order valence-corrected chi connectivity index (χ0v) is 12.9. The van der Waals surface area contributed by atoms with Gasteiger partial charge in [-0.05, 0) is 44.4 Å². The third-order valence-corrected chi connectivity index (χ3v) is 4.97. The van der Waals surface area contributed by atoms with Crippen LogP contribution in [0, 0.1) is 0 Å². The van der Waals surface area contributed by atoms with Crippen LogP contribution < -0.4 is 5.73 Å². The number of para-hydroxylation sites is 1. The second-order valence-electron chi connectivity index (χ2n) is 6.40. The highest BCUT2D eigenvalue weighted by Gasteiger charge is 2.40. The largest absolute Gasteiger partial charge is 0.398 e. The smallest absolute Gasteiger partial charge is 0.0741 e. The van der Waals surface area contributed by atoms with Crippen LogP contribution in [0.15, 0.2) is 24.3 Å². The predicted octanol–water partition coefficient (Wildman–Crippen LogP) is 2.43. The van der Waals surface area contributed by atoms with E-state index in [4.69, 9.17) is 15.2 Å². The molecule has 4 nitrogen and oxygen atoms in total. The van der Waals surface area contributed by atoms with Crippen molar-refractivity contribution in [3.8, 4) is 0 Å². The lowest BCUT2D eigenvalue weighted by molar-refractivity contribution is -0.150. The number of nitrogens with zero attached hydrogens (tertiary/aromatic N) is 1. The first-order chi connectivity index (χ1) is 10.2. The molecular weight excluding hydrogens is 264 g/mol. The van der Waals surface area contributed by atoms with Crippen LogP contribution in [0.2, 0.25) is 0 Å². The second-order valence-corrected chi connectivity index (χ2v) is 6.40. The number of nitrogen functional groups attached to an aromatic ring is 1. The van der Waals surface area contributed by atoms with Crippen molar-refractivity contribution in [1.82, 2.24) is 4.90 Å². The van der Waals surface area contributed by atoms with Gasteiger partial charge in [-0.15, -0.1) is 0 Å². The molecule has 4 heteroatoms. The first kappa shape index (κ1) is 14.8. The van der Waals surface area contributed by atoms with E-state index in [1.807, 2.05) is 12.1 Å². The molecule has 2 N–H and O–H groups in total. The number of ether oxygens (including phenoxy) is 2. The van der Waals surface area contributed by atoms with E-state index in [0.29, 0.717) is 6.04 Å². The molecular formula is C17H26N2O2. The van der Waals surface area contributed by atoms with Crippen LogP contribution >= 0.6 is 0 Å². The predicted molar refractivity (Wildman–Crippen MR) is 84.1 cm³/mol. The van der Waals surface area contributed by atoms with E-state index < -0.39 is 0 Å². The molecule has 2 heterocycles. The van der Waals surface area contributed by atoms with Crippen LogP contribution in [0.3, 0.4) is 0 Å². The fourth-order valence-electron chi connectivity index (χ4n) is 3.55. The van der Waals surface area contributed by atoms with Gasteiger partial charge in [-0.1, -0.05) is 18.2 Å². The van der Waals surface area contributed by atoms with E-state index in [1.54, 1.807) is 0 Å². The summed E-state index contributed by atoms with van der Waals surface area (Å²) in [5.41, 5.74) is 8.22. The SMILES string of the molecule is CN(Cc1ccccc1N)C1CCOC2(CCOCC2)C1. The normalized spacial score (nSPS) is 25.3. The molecule has 0 bridgehead atoms. The number of rotatable bonds is 3. The van der Waals surface area contributed by atoms with Gasteiger partial charge in [0.05, 0.1) is 5.60 Å². The average Bonchev–Trinajstić information content (AvgIpc) is 2.50. The zero-order valence-electron chi connectivity index (χ0n) is 12.9.